The highest BCUT2D eigenvalue weighted by molar-refractivity contribution is 7.92. The van der Waals surface area contributed by atoms with Crippen LogP contribution in [0.3, 0.4) is 0 Å². The number of ketones is 1. The van der Waals surface area contributed by atoms with Gasteiger partial charge in [0.15, 0.2) is 5.78 Å². The topological polar surface area (TPSA) is 129 Å². The van der Waals surface area contributed by atoms with Crippen molar-refractivity contribution in [2.24, 2.45) is 0 Å². The maximum atomic E-state index is 13.6. The molecule has 0 aliphatic rings. The number of nitrogen functional groups attached to an aromatic ring is 1. The largest absolute Gasteiger partial charge is 0.495 e. The molecule has 0 aliphatic carbocycles. The molecule has 0 saturated carbocycles. The standard InChI is InChI=1S/C23H21F2N5O4S/c1-12(2)30-10-17(20-22(26)27-11-28-23(20)30)21(31)13-4-5-19(34-3)18(6-13)29-35(32,33)16-8-14(24)7-15(25)9-16/h4-12,29H,1-3H3,(H2,26,27,28). The summed E-state index contributed by atoms with van der Waals surface area (Å²) in [5.74, 6) is -2.35. The molecule has 0 fully saturated rings. The first-order valence-electron chi connectivity index (χ1n) is 10.3. The Kier molecular flexibility index (Phi) is 6.15. The highest BCUT2D eigenvalue weighted by atomic mass is 32.2. The fourth-order valence-electron chi connectivity index (χ4n) is 3.65. The maximum absolute atomic E-state index is 13.6. The lowest BCUT2D eigenvalue weighted by Gasteiger charge is -2.13. The molecule has 35 heavy (non-hydrogen) atoms. The van der Waals surface area contributed by atoms with Crippen molar-refractivity contribution in [3.05, 3.63) is 71.7 Å². The van der Waals surface area contributed by atoms with Gasteiger partial charge in [-0.15, -0.1) is 0 Å². The number of ether oxygens (including phenoxy) is 1. The van der Waals surface area contributed by atoms with Gasteiger partial charge in [-0.2, -0.15) is 0 Å². The van der Waals surface area contributed by atoms with Gasteiger partial charge in [-0.25, -0.2) is 27.2 Å². The maximum Gasteiger partial charge on any atom is 0.262 e. The highest BCUT2D eigenvalue weighted by Crippen LogP contribution is 2.32. The van der Waals surface area contributed by atoms with Gasteiger partial charge in [0.2, 0.25) is 0 Å². The lowest BCUT2D eigenvalue weighted by molar-refractivity contribution is 0.104. The van der Waals surface area contributed by atoms with Crippen LogP contribution in [-0.2, 0) is 10.0 Å². The van der Waals surface area contributed by atoms with Crippen LogP contribution in [0.1, 0.15) is 35.8 Å². The number of nitrogens with one attached hydrogen (secondary N) is 1. The summed E-state index contributed by atoms with van der Waals surface area (Å²) in [6.07, 6.45) is 2.92. The Bertz CT molecular complexity index is 1550. The molecule has 4 aromatic rings. The third-order valence-electron chi connectivity index (χ3n) is 5.29. The van der Waals surface area contributed by atoms with Gasteiger partial charge >= 0.3 is 0 Å². The van der Waals surface area contributed by atoms with E-state index in [-0.39, 0.29) is 34.4 Å². The van der Waals surface area contributed by atoms with Crippen LogP contribution >= 0.6 is 0 Å². The van der Waals surface area contributed by atoms with Gasteiger partial charge in [-0.05, 0) is 44.2 Å². The number of anilines is 2. The highest BCUT2D eigenvalue weighted by Gasteiger charge is 2.24. The van der Waals surface area contributed by atoms with Crippen LogP contribution in [0.4, 0.5) is 20.3 Å². The number of nitrogens with zero attached hydrogens (tertiary/aromatic N) is 3. The van der Waals surface area contributed by atoms with Gasteiger partial charge in [0.1, 0.15) is 35.2 Å². The predicted molar refractivity (Wildman–Crippen MR) is 126 cm³/mol. The Labute approximate surface area is 199 Å². The molecule has 182 valence electrons. The minimum atomic E-state index is -4.41. The van der Waals surface area contributed by atoms with Crippen LogP contribution in [0.15, 0.2) is 53.8 Å². The number of halogens is 2. The van der Waals surface area contributed by atoms with Gasteiger partial charge < -0.3 is 15.0 Å². The first-order valence-corrected chi connectivity index (χ1v) is 11.8. The third kappa shape index (κ3) is 4.52. The molecule has 12 heteroatoms. The summed E-state index contributed by atoms with van der Waals surface area (Å²) in [5, 5.41) is 0.374. The van der Waals surface area contributed by atoms with Gasteiger partial charge in [0.25, 0.3) is 10.0 Å². The van der Waals surface area contributed by atoms with E-state index in [2.05, 4.69) is 14.7 Å². The van der Waals surface area contributed by atoms with E-state index < -0.39 is 32.3 Å². The van der Waals surface area contributed by atoms with E-state index >= 15 is 0 Å². The molecule has 0 amide bonds. The molecule has 0 aliphatic heterocycles. The second-order valence-corrected chi connectivity index (χ2v) is 9.64. The van der Waals surface area contributed by atoms with E-state index in [9.17, 15) is 22.0 Å². The summed E-state index contributed by atoms with van der Waals surface area (Å²) in [7, 11) is -3.10. The molecule has 2 heterocycles. The van der Waals surface area contributed by atoms with Gasteiger partial charge in [0.05, 0.1) is 28.6 Å². The average molecular weight is 502 g/mol. The second-order valence-electron chi connectivity index (χ2n) is 7.96. The molecule has 0 bridgehead atoms. The number of carbonyl (C=O) groups is 1. The number of aromatic nitrogens is 3. The lowest BCUT2D eigenvalue weighted by atomic mass is 10.0. The molecule has 2 aromatic heterocycles. The van der Waals surface area contributed by atoms with E-state index in [0.29, 0.717) is 29.2 Å². The van der Waals surface area contributed by atoms with Crippen LogP contribution in [0, 0.1) is 11.6 Å². The van der Waals surface area contributed by atoms with E-state index in [0.717, 1.165) is 0 Å². The summed E-state index contributed by atoms with van der Waals surface area (Å²) in [6, 6.07) is 6.01. The zero-order chi connectivity index (χ0) is 25.5. The van der Waals surface area contributed by atoms with E-state index in [1.807, 2.05) is 13.8 Å². The van der Waals surface area contributed by atoms with Crippen LogP contribution in [0.2, 0.25) is 0 Å². The Hall–Kier alpha value is -4.06. The molecule has 2 aromatic carbocycles. The number of rotatable bonds is 7. The number of hydrogen-bond acceptors (Lipinski definition) is 7. The van der Waals surface area contributed by atoms with Crippen LogP contribution < -0.4 is 15.2 Å². The fourth-order valence-corrected chi connectivity index (χ4v) is 4.75. The van der Waals surface area contributed by atoms with Gasteiger partial charge in [0, 0.05) is 23.9 Å². The Morgan fingerprint density at radius 2 is 1.80 bits per heavy atom. The number of carbonyl (C=O) groups excluding carboxylic acids is 1. The summed E-state index contributed by atoms with van der Waals surface area (Å²) >= 11 is 0. The molecule has 0 saturated heterocycles. The molecular weight excluding hydrogens is 480 g/mol. The summed E-state index contributed by atoms with van der Waals surface area (Å²) < 4.78 is 62.0. The van der Waals surface area contributed by atoms with Crippen LogP contribution in [0.25, 0.3) is 11.0 Å². The van der Waals surface area contributed by atoms with Crippen LogP contribution in [0.5, 0.6) is 5.75 Å². The quantitative estimate of drug-likeness (QED) is 0.367. The van der Waals surface area contributed by atoms with Crippen molar-refractivity contribution in [1.82, 2.24) is 14.5 Å². The number of sulfonamides is 1. The molecule has 0 spiro atoms. The van der Waals surface area contributed by atoms with E-state index in [4.69, 9.17) is 10.5 Å². The molecule has 3 N–H and O–H groups in total. The third-order valence-corrected chi connectivity index (χ3v) is 6.64. The minimum absolute atomic E-state index is 0.0294. The van der Waals surface area contributed by atoms with Crippen molar-refractivity contribution in [3.63, 3.8) is 0 Å². The smallest absolute Gasteiger partial charge is 0.262 e. The summed E-state index contributed by atoms with van der Waals surface area (Å²) in [4.78, 5) is 21.1. The van der Waals surface area contributed by atoms with Crippen molar-refractivity contribution in [3.8, 4) is 5.75 Å². The minimum Gasteiger partial charge on any atom is -0.495 e. The van der Waals surface area contributed by atoms with Crippen molar-refractivity contribution >= 4 is 38.3 Å². The first kappa shape index (κ1) is 24.1. The van der Waals surface area contributed by atoms with Gasteiger partial charge in [-0.3, -0.25) is 9.52 Å². The zero-order valence-electron chi connectivity index (χ0n) is 18.9. The number of nitrogens with two attached hydrogens (primary N) is 1. The van der Waals surface area contributed by atoms with E-state index in [1.54, 1.807) is 10.8 Å². The normalized spacial score (nSPS) is 11.7. The van der Waals surface area contributed by atoms with Crippen LogP contribution in [-0.4, -0.2) is 35.8 Å². The molecular formula is C23H21F2N5O4S. The molecule has 9 nitrogen and oxygen atoms in total. The molecule has 4 rings (SSSR count). The Morgan fingerprint density at radius 1 is 1.11 bits per heavy atom. The van der Waals surface area contributed by atoms with Gasteiger partial charge in [-0.1, -0.05) is 0 Å². The lowest BCUT2D eigenvalue weighted by Crippen LogP contribution is -2.15. The predicted octanol–water partition coefficient (Wildman–Crippen LogP) is 3.91. The fraction of sp³-hybridized carbons (Fsp3) is 0.174. The Balaban J connectivity index is 1.79. The average Bonchev–Trinajstić information content (AvgIpc) is 3.19. The van der Waals surface area contributed by atoms with Crippen molar-refractivity contribution in [2.75, 3.05) is 17.6 Å². The Morgan fingerprint density at radius 3 is 2.43 bits per heavy atom. The summed E-state index contributed by atoms with van der Waals surface area (Å²) in [5.41, 5.74) is 6.78. The second kappa shape index (κ2) is 8.95. The first-order chi connectivity index (χ1) is 16.5. The number of benzene rings is 2. The molecule has 0 radical (unpaired) electrons. The zero-order valence-corrected chi connectivity index (χ0v) is 19.7. The number of fused-ring (bicyclic) bond motifs is 1. The van der Waals surface area contributed by atoms with E-state index in [1.165, 1.54) is 31.6 Å². The van der Waals surface area contributed by atoms with Crippen molar-refractivity contribution in [1.29, 1.82) is 0 Å². The molecule has 0 atom stereocenters. The number of hydrogen-bond donors (Lipinski definition) is 2. The molecule has 0 unspecified atom stereocenters. The SMILES string of the molecule is COc1ccc(C(=O)c2cn(C(C)C)c3ncnc(N)c23)cc1NS(=O)(=O)c1cc(F)cc(F)c1. The monoisotopic (exact) mass is 501 g/mol. The summed E-state index contributed by atoms with van der Waals surface area (Å²) in [6.45, 7) is 3.84. The van der Waals surface area contributed by atoms with Crippen molar-refractivity contribution < 1.29 is 26.7 Å². The van der Waals surface area contributed by atoms with Crippen molar-refractivity contribution in [2.45, 2.75) is 24.8 Å². The number of methoxy groups -OCH3 is 1.